The average Bonchev–Trinajstić information content (AvgIpc) is 2.29. The maximum absolute atomic E-state index is 13.3. The van der Waals surface area contributed by atoms with Crippen molar-refractivity contribution in [2.24, 2.45) is 0 Å². The standard InChI is InChI=1S/C14H16BrF2NO2/c1-14(2,3)20-13(19)18-6-4-5-9-7-10(16)12(15)11(17)8-9/h4-5,7-8H,6H2,1-3H3,(H,18,19). The Kier molecular flexibility index (Phi) is 5.68. The van der Waals surface area contributed by atoms with Crippen LogP contribution in [0.25, 0.3) is 6.08 Å². The van der Waals surface area contributed by atoms with Gasteiger partial charge in [0.15, 0.2) is 0 Å². The largest absolute Gasteiger partial charge is 0.444 e. The lowest BCUT2D eigenvalue weighted by Gasteiger charge is -2.19. The molecule has 0 aliphatic carbocycles. The highest BCUT2D eigenvalue weighted by atomic mass is 79.9. The Hall–Kier alpha value is -1.43. The number of amides is 1. The SMILES string of the molecule is CC(C)(C)OC(=O)NCC=Cc1cc(F)c(Br)c(F)c1. The second-order valence-corrected chi connectivity index (χ2v) is 5.88. The van der Waals surface area contributed by atoms with Gasteiger partial charge in [-0.15, -0.1) is 0 Å². The molecule has 0 atom stereocenters. The second kappa shape index (κ2) is 6.83. The van der Waals surface area contributed by atoms with Crippen LogP contribution in [0.15, 0.2) is 22.7 Å². The molecule has 1 amide bonds. The lowest BCUT2D eigenvalue weighted by molar-refractivity contribution is 0.0534. The van der Waals surface area contributed by atoms with Gasteiger partial charge in [0, 0.05) is 6.54 Å². The number of alkyl carbamates (subject to hydrolysis) is 1. The van der Waals surface area contributed by atoms with Crippen molar-refractivity contribution < 1.29 is 18.3 Å². The van der Waals surface area contributed by atoms with Crippen LogP contribution in [0.5, 0.6) is 0 Å². The van der Waals surface area contributed by atoms with Gasteiger partial charge in [-0.3, -0.25) is 0 Å². The van der Waals surface area contributed by atoms with Crippen LogP contribution in [0, 0.1) is 11.6 Å². The van der Waals surface area contributed by atoms with Crippen molar-refractivity contribution in [3.63, 3.8) is 0 Å². The van der Waals surface area contributed by atoms with Crippen molar-refractivity contribution in [3.05, 3.63) is 39.9 Å². The third-order valence-electron chi connectivity index (χ3n) is 2.08. The van der Waals surface area contributed by atoms with Gasteiger partial charge >= 0.3 is 6.09 Å². The lowest BCUT2D eigenvalue weighted by Crippen LogP contribution is -2.32. The normalized spacial score (nSPS) is 11.7. The summed E-state index contributed by atoms with van der Waals surface area (Å²) in [7, 11) is 0. The summed E-state index contributed by atoms with van der Waals surface area (Å²) in [5.41, 5.74) is -0.194. The van der Waals surface area contributed by atoms with E-state index in [-0.39, 0.29) is 11.0 Å². The van der Waals surface area contributed by atoms with E-state index in [9.17, 15) is 13.6 Å². The van der Waals surface area contributed by atoms with Gasteiger partial charge in [-0.1, -0.05) is 12.2 Å². The summed E-state index contributed by atoms with van der Waals surface area (Å²) in [5.74, 6) is -1.35. The minimum Gasteiger partial charge on any atom is -0.444 e. The number of carbonyl (C=O) groups excluding carboxylic acids is 1. The van der Waals surface area contributed by atoms with Crippen LogP contribution >= 0.6 is 15.9 Å². The van der Waals surface area contributed by atoms with Crippen LogP contribution in [-0.2, 0) is 4.74 Å². The fraction of sp³-hybridized carbons (Fsp3) is 0.357. The number of rotatable bonds is 3. The maximum atomic E-state index is 13.3. The highest BCUT2D eigenvalue weighted by Gasteiger charge is 2.15. The molecular formula is C14H16BrF2NO2. The first-order valence-electron chi connectivity index (χ1n) is 5.97. The van der Waals surface area contributed by atoms with Gasteiger partial charge in [-0.2, -0.15) is 0 Å². The summed E-state index contributed by atoms with van der Waals surface area (Å²) in [6.07, 6.45) is 2.54. The second-order valence-electron chi connectivity index (χ2n) is 5.08. The van der Waals surface area contributed by atoms with E-state index in [2.05, 4.69) is 21.2 Å². The average molecular weight is 348 g/mol. The number of benzene rings is 1. The smallest absolute Gasteiger partial charge is 0.407 e. The minimum absolute atomic E-state index is 0.193. The zero-order valence-electron chi connectivity index (χ0n) is 11.5. The van der Waals surface area contributed by atoms with E-state index >= 15 is 0 Å². The third kappa shape index (κ3) is 5.69. The van der Waals surface area contributed by atoms with E-state index in [1.165, 1.54) is 18.2 Å². The van der Waals surface area contributed by atoms with Gasteiger partial charge in [0.25, 0.3) is 0 Å². The van der Waals surface area contributed by atoms with Gasteiger partial charge in [0.1, 0.15) is 17.2 Å². The number of hydrogen-bond acceptors (Lipinski definition) is 2. The van der Waals surface area contributed by atoms with Gasteiger partial charge in [0.05, 0.1) is 4.47 Å². The van der Waals surface area contributed by atoms with E-state index in [0.717, 1.165) is 0 Å². The van der Waals surface area contributed by atoms with Crippen molar-refractivity contribution in [2.45, 2.75) is 26.4 Å². The quantitative estimate of drug-likeness (QED) is 0.829. The van der Waals surface area contributed by atoms with E-state index in [1.807, 2.05) is 0 Å². The maximum Gasteiger partial charge on any atom is 0.407 e. The van der Waals surface area contributed by atoms with Crippen molar-refractivity contribution in [2.75, 3.05) is 6.54 Å². The lowest BCUT2D eigenvalue weighted by atomic mass is 10.2. The fourth-order valence-electron chi connectivity index (χ4n) is 1.32. The summed E-state index contributed by atoms with van der Waals surface area (Å²) in [6.45, 7) is 5.48. The van der Waals surface area contributed by atoms with Crippen molar-refractivity contribution in [1.29, 1.82) is 0 Å². The van der Waals surface area contributed by atoms with Crippen LogP contribution in [-0.4, -0.2) is 18.2 Å². The summed E-state index contributed by atoms with van der Waals surface area (Å²) in [5, 5.41) is 2.51. The van der Waals surface area contributed by atoms with Crippen LogP contribution in [0.4, 0.5) is 13.6 Å². The Morgan fingerprint density at radius 1 is 1.35 bits per heavy atom. The Morgan fingerprint density at radius 3 is 2.40 bits per heavy atom. The Bertz CT molecular complexity index is 501. The molecule has 0 aliphatic rings. The first-order valence-corrected chi connectivity index (χ1v) is 6.76. The molecule has 110 valence electrons. The first kappa shape index (κ1) is 16.6. The fourth-order valence-corrected chi connectivity index (χ4v) is 1.55. The molecule has 0 saturated heterocycles. The molecule has 0 saturated carbocycles. The van der Waals surface area contributed by atoms with Crippen LogP contribution in [0.1, 0.15) is 26.3 Å². The topological polar surface area (TPSA) is 38.3 Å². The summed E-state index contributed by atoms with van der Waals surface area (Å²) in [4.78, 5) is 11.3. The summed E-state index contributed by atoms with van der Waals surface area (Å²) < 4.78 is 31.3. The molecular weight excluding hydrogens is 332 g/mol. The van der Waals surface area contributed by atoms with Crippen LogP contribution < -0.4 is 5.32 Å². The first-order chi connectivity index (χ1) is 9.19. The third-order valence-corrected chi connectivity index (χ3v) is 2.84. The molecule has 6 heteroatoms. The highest BCUT2D eigenvalue weighted by molar-refractivity contribution is 9.10. The van der Waals surface area contributed by atoms with E-state index in [1.54, 1.807) is 26.8 Å². The molecule has 1 aromatic carbocycles. The van der Waals surface area contributed by atoms with Crippen LogP contribution in [0.3, 0.4) is 0 Å². The number of hydrogen-bond donors (Lipinski definition) is 1. The summed E-state index contributed by atoms with van der Waals surface area (Å²) >= 11 is 2.79. The van der Waals surface area contributed by atoms with Crippen molar-refractivity contribution in [3.8, 4) is 0 Å². The molecule has 0 bridgehead atoms. The molecule has 0 heterocycles. The molecule has 0 fully saturated rings. The summed E-state index contributed by atoms with van der Waals surface area (Å²) in [6, 6.07) is 2.38. The van der Waals surface area contributed by atoms with Crippen molar-refractivity contribution >= 4 is 28.1 Å². The van der Waals surface area contributed by atoms with Crippen molar-refractivity contribution in [1.82, 2.24) is 5.32 Å². The van der Waals surface area contributed by atoms with E-state index < -0.39 is 23.3 Å². The zero-order chi connectivity index (χ0) is 15.3. The number of nitrogens with one attached hydrogen (secondary N) is 1. The van der Waals surface area contributed by atoms with Gasteiger partial charge < -0.3 is 10.1 Å². The molecule has 3 nitrogen and oxygen atoms in total. The Morgan fingerprint density at radius 2 is 1.90 bits per heavy atom. The molecule has 0 radical (unpaired) electrons. The van der Waals surface area contributed by atoms with Crippen LogP contribution in [0.2, 0.25) is 0 Å². The molecule has 1 N–H and O–H groups in total. The number of halogens is 3. The molecule has 0 aromatic heterocycles. The highest BCUT2D eigenvalue weighted by Crippen LogP contribution is 2.21. The van der Waals surface area contributed by atoms with Gasteiger partial charge in [-0.05, 0) is 54.4 Å². The number of carbonyl (C=O) groups is 1. The molecule has 0 unspecified atom stereocenters. The Balaban J connectivity index is 2.52. The molecule has 0 aliphatic heterocycles. The molecule has 1 rings (SSSR count). The van der Waals surface area contributed by atoms with Gasteiger partial charge in [0.2, 0.25) is 0 Å². The minimum atomic E-state index is -0.676. The molecule has 1 aromatic rings. The zero-order valence-corrected chi connectivity index (χ0v) is 13.1. The monoisotopic (exact) mass is 347 g/mol. The Labute approximate surface area is 125 Å². The predicted octanol–water partition coefficient (Wildman–Crippen LogP) is 4.27. The molecule has 20 heavy (non-hydrogen) atoms. The van der Waals surface area contributed by atoms with E-state index in [0.29, 0.717) is 5.56 Å². The van der Waals surface area contributed by atoms with E-state index in [4.69, 9.17) is 4.74 Å². The number of ether oxygens (including phenoxy) is 1. The predicted molar refractivity (Wildman–Crippen MR) is 77.3 cm³/mol. The van der Waals surface area contributed by atoms with Gasteiger partial charge in [-0.25, -0.2) is 13.6 Å². The molecule has 0 spiro atoms.